The van der Waals surface area contributed by atoms with E-state index in [1.807, 2.05) is 6.92 Å². The first kappa shape index (κ1) is 15.1. The predicted octanol–water partition coefficient (Wildman–Crippen LogP) is 2.53. The second-order valence-corrected chi connectivity index (χ2v) is 5.22. The first-order valence-corrected chi connectivity index (χ1v) is 6.69. The van der Waals surface area contributed by atoms with Crippen molar-refractivity contribution in [2.75, 3.05) is 14.2 Å². The van der Waals surface area contributed by atoms with Crippen LogP contribution in [0.2, 0.25) is 0 Å². The van der Waals surface area contributed by atoms with Crippen molar-refractivity contribution in [3.8, 4) is 17.9 Å². The van der Waals surface area contributed by atoms with Gasteiger partial charge in [-0.2, -0.15) is 5.26 Å². The Labute approximate surface area is 124 Å². The molecule has 4 heteroatoms. The third-order valence-electron chi connectivity index (χ3n) is 4.05. The fourth-order valence-corrected chi connectivity index (χ4v) is 2.25. The number of benzene rings is 1. The number of ether oxygens (including phenoxy) is 2. The summed E-state index contributed by atoms with van der Waals surface area (Å²) >= 11 is 0. The van der Waals surface area contributed by atoms with E-state index in [0.717, 1.165) is 12.8 Å². The number of methoxy groups -OCH3 is 2. The highest BCUT2D eigenvalue weighted by atomic mass is 16.5. The predicted molar refractivity (Wildman–Crippen MR) is 77.4 cm³/mol. The van der Waals surface area contributed by atoms with E-state index in [0.29, 0.717) is 11.1 Å². The van der Waals surface area contributed by atoms with E-state index in [-0.39, 0.29) is 0 Å². The van der Waals surface area contributed by atoms with E-state index in [1.54, 1.807) is 31.4 Å². The molecule has 1 fully saturated rings. The van der Waals surface area contributed by atoms with Crippen LogP contribution in [-0.2, 0) is 9.47 Å². The lowest BCUT2D eigenvalue weighted by molar-refractivity contribution is 0.0147. The van der Waals surface area contributed by atoms with Crippen LogP contribution in [0.1, 0.15) is 35.7 Å². The maximum atomic E-state index is 11.7. The number of hydrogen-bond acceptors (Lipinski definition) is 4. The Bertz CT molecular complexity index is 659. The lowest BCUT2D eigenvalue weighted by Gasteiger charge is -2.26. The van der Waals surface area contributed by atoms with Crippen molar-refractivity contribution >= 4 is 5.97 Å². The molecular formula is C17H17NO3. The summed E-state index contributed by atoms with van der Waals surface area (Å²) in [5.41, 5.74) is -0.408. The lowest BCUT2D eigenvalue weighted by atomic mass is 9.87. The van der Waals surface area contributed by atoms with Gasteiger partial charge in [0.15, 0.2) is 0 Å². The number of nitriles is 1. The minimum Gasteiger partial charge on any atom is -0.465 e. The van der Waals surface area contributed by atoms with Gasteiger partial charge >= 0.3 is 5.97 Å². The highest BCUT2D eigenvalue weighted by molar-refractivity contribution is 5.92. The van der Waals surface area contributed by atoms with Crippen molar-refractivity contribution < 1.29 is 14.3 Å². The zero-order chi connectivity index (χ0) is 15.5. The van der Waals surface area contributed by atoms with Crippen LogP contribution in [0.25, 0.3) is 0 Å². The second kappa shape index (κ2) is 5.60. The van der Waals surface area contributed by atoms with Gasteiger partial charge in [0.1, 0.15) is 5.60 Å². The number of nitrogens with zero attached hydrogens (tertiary/aromatic N) is 1. The average molecular weight is 283 g/mol. The van der Waals surface area contributed by atoms with Gasteiger partial charge in [-0.15, -0.1) is 0 Å². The van der Waals surface area contributed by atoms with E-state index < -0.39 is 17.0 Å². The standard InChI is InChI=1S/C17H17NO3/c1-16(21-3,17(12-18)10-11-17)9-8-13-6-4-5-7-14(13)15(19)20-2/h4-7H,10-11H2,1-3H3/t16-/m1/s1. The van der Waals surface area contributed by atoms with Crippen LogP contribution >= 0.6 is 0 Å². The van der Waals surface area contributed by atoms with Crippen molar-refractivity contribution in [1.82, 2.24) is 0 Å². The zero-order valence-corrected chi connectivity index (χ0v) is 12.4. The molecule has 1 aromatic rings. The fraction of sp³-hybridized carbons (Fsp3) is 0.412. The quantitative estimate of drug-likeness (QED) is 0.632. The normalized spacial score (nSPS) is 17.6. The van der Waals surface area contributed by atoms with Crippen LogP contribution in [0.4, 0.5) is 0 Å². The summed E-state index contributed by atoms with van der Waals surface area (Å²) < 4.78 is 10.2. The van der Waals surface area contributed by atoms with Crippen molar-refractivity contribution in [2.24, 2.45) is 5.41 Å². The molecule has 21 heavy (non-hydrogen) atoms. The summed E-state index contributed by atoms with van der Waals surface area (Å²) in [5.74, 6) is 5.58. The average Bonchev–Trinajstić information content (AvgIpc) is 3.33. The largest absolute Gasteiger partial charge is 0.465 e. The van der Waals surface area contributed by atoms with Gasteiger partial charge in [0.2, 0.25) is 0 Å². The molecule has 0 saturated heterocycles. The molecule has 2 rings (SSSR count). The van der Waals surface area contributed by atoms with E-state index in [4.69, 9.17) is 9.47 Å². The maximum absolute atomic E-state index is 11.7. The van der Waals surface area contributed by atoms with Crippen molar-refractivity contribution in [2.45, 2.75) is 25.4 Å². The van der Waals surface area contributed by atoms with Crippen LogP contribution in [0, 0.1) is 28.6 Å². The van der Waals surface area contributed by atoms with Gasteiger partial charge in [0.25, 0.3) is 0 Å². The Morgan fingerprint density at radius 1 is 1.33 bits per heavy atom. The molecule has 0 amide bonds. The Morgan fingerprint density at radius 2 is 2.00 bits per heavy atom. The smallest absolute Gasteiger partial charge is 0.339 e. The zero-order valence-electron chi connectivity index (χ0n) is 12.4. The molecular weight excluding hydrogens is 266 g/mol. The Hall–Kier alpha value is -2.30. The molecule has 1 aliphatic carbocycles. The SMILES string of the molecule is COC(=O)c1ccccc1C#C[C@@](C)(OC)C1(C#N)CC1. The Balaban J connectivity index is 2.40. The van der Waals surface area contributed by atoms with Crippen molar-refractivity contribution in [1.29, 1.82) is 5.26 Å². The number of esters is 1. The molecule has 4 nitrogen and oxygen atoms in total. The third kappa shape index (κ3) is 2.63. The first-order valence-electron chi connectivity index (χ1n) is 6.69. The molecule has 0 spiro atoms. The molecule has 1 saturated carbocycles. The van der Waals surface area contributed by atoms with Gasteiger partial charge in [-0.3, -0.25) is 0 Å². The molecule has 0 N–H and O–H groups in total. The van der Waals surface area contributed by atoms with Crippen molar-refractivity contribution in [3.05, 3.63) is 35.4 Å². The highest BCUT2D eigenvalue weighted by Gasteiger charge is 2.58. The minimum absolute atomic E-state index is 0.410. The lowest BCUT2D eigenvalue weighted by Crippen LogP contribution is -2.36. The third-order valence-corrected chi connectivity index (χ3v) is 4.05. The monoisotopic (exact) mass is 283 g/mol. The van der Waals surface area contributed by atoms with E-state index >= 15 is 0 Å². The summed E-state index contributed by atoms with van der Waals surface area (Å²) in [4.78, 5) is 11.7. The Morgan fingerprint density at radius 3 is 2.52 bits per heavy atom. The minimum atomic E-state index is -0.842. The molecule has 1 aromatic carbocycles. The molecule has 0 bridgehead atoms. The van der Waals surface area contributed by atoms with Gasteiger partial charge in [-0.25, -0.2) is 4.79 Å². The maximum Gasteiger partial charge on any atom is 0.339 e. The molecule has 0 radical (unpaired) electrons. The number of rotatable bonds is 3. The van der Waals surface area contributed by atoms with Gasteiger partial charge < -0.3 is 9.47 Å². The summed E-state index contributed by atoms with van der Waals surface area (Å²) in [6, 6.07) is 9.28. The highest BCUT2D eigenvalue weighted by Crippen LogP contribution is 2.54. The van der Waals surface area contributed by atoms with Crippen LogP contribution < -0.4 is 0 Å². The van der Waals surface area contributed by atoms with Gasteiger partial charge in [-0.1, -0.05) is 24.0 Å². The summed E-state index contributed by atoms with van der Waals surface area (Å²) in [6.07, 6.45) is 1.56. The molecule has 0 aromatic heterocycles. The number of carbonyl (C=O) groups is 1. The molecule has 0 aliphatic heterocycles. The molecule has 1 aliphatic rings. The van der Waals surface area contributed by atoms with Crippen LogP contribution in [-0.4, -0.2) is 25.8 Å². The fourth-order valence-electron chi connectivity index (χ4n) is 2.25. The van der Waals surface area contributed by atoms with Crippen LogP contribution in [0.15, 0.2) is 24.3 Å². The summed E-state index contributed by atoms with van der Waals surface area (Å²) in [5, 5.41) is 9.33. The van der Waals surface area contributed by atoms with E-state index in [1.165, 1.54) is 7.11 Å². The number of carbonyl (C=O) groups excluding carboxylic acids is 1. The second-order valence-electron chi connectivity index (χ2n) is 5.22. The molecule has 0 unspecified atom stereocenters. The van der Waals surface area contributed by atoms with E-state index in [9.17, 15) is 10.1 Å². The first-order chi connectivity index (χ1) is 10.0. The van der Waals surface area contributed by atoms with Crippen molar-refractivity contribution in [3.63, 3.8) is 0 Å². The molecule has 0 heterocycles. The van der Waals surface area contributed by atoms with Gasteiger partial charge in [0.05, 0.1) is 24.2 Å². The van der Waals surface area contributed by atoms with Gasteiger partial charge in [-0.05, 0) is 31.9 Å². The molecule has 1 atom stereocenters. The summed E-state index contributed by atoms with van der Waals surface area (Å²) in [7, 11) is 2.89. The van der Waals surface area contributed by atoms with Crippen LogP contribution in [0.5, 0.6) is 0 Å². The number of hydrogen-bond donors (Lipinski definition) is 0. The van der Waals surface area contributed by atoms with Gasteiger partial charge in [0, 0.05) is 12.7 Å². The van der Waals surface area contributed by atoms with Crippen LogP contribution in [0.3, 0.4) is 0 Å². The summed E-state index contributed by atoms with van der Waals surface area (Å²) in [6.45, 7) is 1.82. The Kier molecular flexibility index (Phi) is 4.02. The topological polar surface area (TPSA) is 59.3 Å². The van der Waals surface area contributed by atoms with E-state index in [2.05, 4.69) is 17.9 Å². The molecule has 108 valence electrons.